The summed E-state index contributed by atoms with van der Waals surface area (Å²) in [5.74, 6) is 0. The molecule has 0 bridgehead atoms. The molecule has 1 heterocycles. The Morgan fingerprint density at radius 1 is 1.00 bits per heavy atom. The van der Waals surface area contributed by atoms with Crippen LogP contribution in [0.2, 0.25) is 0 Å². The molecular formula is C13H14ClN. The van der Waals surface area contributed by atoms with E-state index in [-0.39, 0.29) is 12.4 Å². The average Bonchev–Trinajstić information content (AvgIpc) is 2.30. The molecule has 78 valence electrons. The van der Waals surface area contributed by atoms with Crippen LogP contribution in [0, 0.1) is 0 Å². The number of hydrogen-bond acceptors (Lipinski definition) is 1. The molecule has 0 atom stereocenters. The molecule has 0 spiro atoms. The Hall–Kier alpha value is -1.34. The third kappa shape index (κ3) is 2.80. The zero-order valence-corrected chi connectivity index (χ0v) is 9.50. The number of benzene rings is 1. The molecule has 0 aliphatic heterocycles. The maximum Gasteiger partial charge on any atom is 0.0702 e. The van der Waals surface area contributed by atoms with Gasteiger partial charge in [-0.2, -0.15) is 0 Å². The zero-order chi connectivity index (χ0) is 9.80. The van der Waals surface area contributed by atoms with Crippen LogP contribution < -0.4 is 0 Å². The van der Waals surface area contributed by atoms with Crippen molar-refractivity contribution in [3.63, 3.8) is 0 Å². The van der Waals surface area contributed by atoms with E-state index >= 15 is 0 Å². The smallest absolute Gasteiger partial charge is 0.0702 e. The summed E-state index contributed by atoms with van der Waals surface area (Å²) in [6.07, 6.45) is 2.99. The highest BCUT2D eigenvalue weighted by molar-refractivity contribution is 5.85. The zero-order valence-electron chi connectivity index (χ0n) is 8.68. The van der Waals surface area contributed by atoms with Gasteiger partial charge in [-0.3, -0.25) is 4.98 Å². The maximum absolute atomic E-state index is 4.42. The minimum atomic E-state index is 0. The third-order valence-electron chi connectivity index (χ3n) is 2.30. The van der Waals surface area contributed by atoms with Gasteiger partial charge in [0.2, 0.25) is 0 Å². The Morgan fingerprint density at radius 2 is 1.73 bits per heavy atom. The van der Waals surface area contributed by atoms with Gasteiger partial charge in [0.1, 0.15) is 0 Å². The van der Waals surface area contributed by atoms with Crippen LogP contribution in [-0.2, 0) is 6.42 Å². The van der Waals surface area contributed by atoms with Gasteiger partial charge >= 0.3 is 0 Å². The van der Waals surface area contributed by atoms with Gasteiger partial charge in [-0.05, 0) is 18.1 Å². The van der Waals surface area contributed by atoms with E-state index in [0.717, 1.165) is 12.1 Å². The summed E-state index contributed by atoms with van der Waals surface area (Å²) in [5.41, 5.74) is 3.50. The van der Waals surface area contributed by atoms with Crippen molar-refractivity contribution in [3.05, 3.63) is 54.2 Å². The number of pyridine rings is 1. The van der Waals surface area contributed by atoms with Crippen LogP contribution in [0.25, 0.3) is 11.3 Å². The third-order valence-corrected chi connectivity index (χ3v) is 2.30. The molecule has 0 aliphatic carbocycles. The molecule has 1 aromatic carbocycles. The summed E-state index contributed by atoms with van der Waals surface area (Å²) in [6.45, 7) is 2.14. The summed E-state index contributed by atoms with van der Waals surface area (Å²) in [6, 6.07) is 14.4. The van der Waals surface area contributed by atoms with Crippen LogP contribution in [-0.4, -0.2) is 4.98 Å². The highest BCUT2D eigenvalue weighted by Crippen LogP contribution is 2.15. The molecule has 0 saturated carbocycles. The summed E-state index contributed by atoms with van der Waals surface area (Å²) in [5, 5.41) is 0. The molecule has 2 rings (SSSR count). The topological polar surface area (TPSA) is 12.9 Å². The lowest BCUT2D eigenvalue weighted by atomic mass is 10.1. The number of aromatic nitrogens is 1. The van der Waals surface area contributed by atoms with E-state index < -0.39 is 0 Å². The molecular weight excluding hydrogens is 206 g/mol. The van der Waals surface area contributed by atoms with Gasteiger partial charge in [-0.25, -0.2) is 0 Å². The van der Waals surface area contributed by atoms with E-state index in [2.05, 4.69) is 36.2 Å². The SMILES string of the molecule is CCc1ccc(-c2ccccc2)nc1.Cl. The van der Waals surface area contributed by atoms with E-state index in [9.17, 15) is 0 Å². The summed E-state index contributed by atoms with van der Waals surface area (Å²) >= 11 is 0. The van der Waals surface area contributed by atoms with Crippen molar-refractivity contribution in [2.24, 2.45) is 0 Å². The van der Waals surface area contributed by atoms with Crippen LogP contribution >= 0.6 is 12.4 Å². The summed E-state index contributed by atoms with van der Waals surface area (Å²) < 4.78 is 0. The number of aryl methyl sites for hydroxylation is 1. The molecule has 0 aliphatic rings. The van der Waals surface area contributed by atoms with Crippen molar-refractivity contribution in [2.75, 3.05) is 0 Å². The molecule has 0 unspecified atom stereocenters. The van der Waals surface area contributed by atoms with E-state index in [0.29, 0.717) is 0 Å². The molecule has 2 heteroatoms. The van der Waals surface area contributed by atoms with E-state index in [1.165, 1.54) is 11.1 Å². The van der Waals surface area contributed by atoms with Gasteiger partial charge in [-0.1, -0.05) is 43.3 Å². The summed E-state index contributed by atoms with van der Waals surface area (Å²) in [7, 11) is 0. The molecule has 15 heavy (non-hydrogen) atoms. The van der Waals surface area contributed by atoms with Crippen molar-refractivity contribution in [3.8, 4) is 11.3 Å². The monoisotopic (exact) mass is 219 g/mol. The van der Waals surface area contributed by atoms with Crippen LogP contribution in [0.1, 0.15) is 12.5 Å². The van der Waals surface area contributed by atoms with Crippen molar-refractivity contribution < 1.29 is 0 Å². The molecule has 0 radical (unpaired) electrons. The second-order valence-electron chi connectivity index (χ2n) is 3.27. The standard InChI is InChI=1S/C13H13N.ClH/c1-2-11-8-9-13(14-10-11)12-6-4-3-5-7-12;/h3-10H,2H2,1H3;1H. The Balaban J connectivity index is 0.00000112. The minimum Gasteiger partial charge on any atom is -0.256 e. The number of rotatable bonds is 2. The molecule has 0 saturated heterocycles. The summed E-state index contributed by atoms with van der Waals surface area (Å²) in [4.78, 5) is 4.42. The highest BCUT2D eigenvalue weighted by atomic mass is 35.5. The van der Waals surface area contributed by atoms with Crippen LogP contribution in [0.4, 0.5) is 0 Å². The van der Waals surface area contributed by atoms with Gasteiger partial charge in [0.15, 0.2) is 0 Å². The fourth-order valence-corrected chi connectivity index (χ4v) is 1.41. The Kier molecular flexibility index (Phi) is 4.32. The van der Waals surface area contributed by atoms with Crippen molar-refractivity contribution >= 4 is 12.4 Å². The first-order chi connectivity index (χ1) is 6.90. The van der Waals surface area contributed by atoms with Crippen LogP contribution in [0.15, 0.2) is 48.7 Å². The van der Waals surface area contributed by atoms with Gasteiger partial charge in [0, 0.05) is 11.8 Å². The fraction of sp³-hybridized carbons (Fsp3) is 0.154. The molecule has 0 N–H and O–H groups in total. The molecule has 0 amide bonds. The predicted molar refractivity (Wildman–Crippen MR) is 66.3 cm³/mol. The van der Waals surface area contributed by atoms with Crippen LogP contribution in [0.5, 0.6) is 0 Å². The van der Waals surface area contributed by atoms with Gasteiger partial charge < -0.3 is 0 Å². The average molecular weight is 220 g/mol. The van der Waals surface area contributed by atoms with Gasteiger partial charge in [0.05, 0.1) is 5.69 Å². The lowest BCUT2D eigenvalue weighted by molar-refractivity contribution is 1.11. The normalized spacial score (nSPS) is 9.40. The van der Waals surface area contributed by atoms with Crippen molar-refractivity contribution in [2.45, 2.75) is 13.3 Å². The Bertz CT molecular complexity index is 395. The Morgan fingerprint density at radius 3 is 2.27 bits per heavy atom. The van der Waals surface area contributed by atoms with Crippen molar-refractivity contribution in [1.29, 1.82) is 0 Å². The van der Waals surface area contributed by atoms with E-state index in [1.807, 2.05) is 24.4 Å². The van der Waals surface area contributed by atoms with E-state index in [4.69, 9.17) is 0 Å². The molecule has 0 fully saturated rings. The predicted octanol–water partition coefficient (Wildman–Crippen LogP) is 3.73. The quantitative estimate of drug-likeness (QED) is 0.750. The minimum absolute atomic E-state index is 0. The first-order valence-electron chi connectivity index (χ1n) is 4.90. The largest absolute Gasteiger partial charge is 0.256 e. The Labute approximate surface area is 96.6 Å². The first-order valence-corrected chi connectivity index (χ1v) is 4.90. The fourth-order valence-electron chi connectivity index (χ4n) is 1.41. The lowest BCUT2D eigenvalue weighted by Crippen LogP contribution is -1.85. The first kappa shape index (κ1) is 11.7. The number of nitrogens with zero attached hydrogens (tertiary/aromatic N) is 1. The molecule has 1 nitrogen and oxygen atoms in total. The number of halogens is 1. The maximum atomic E-state index is 4.42. The van der Waals surface area contributed by atoms with E-state index in [1.54, 1.807) is 0 Å². The second kappa shape index (κ2) is 5.52. The molecule has 2 aromatic rings. The molecule has 1 aromatic heterocycles. The van der Waals surface area contributed by atoms with Gasteiger partial charge in [-0.15, -0.1) is 12.4 Å². The highest BCUT2D eigenvalue weighted by Gasteiger charge is 1.96. The lowest BCUT2D eigenvalue weighted by Gasteiger charge is -2.01. The second-order valence-corrected chi connectivity index (χ2v) is 3.27. The van der Waals surface area contributed by atoms with Crippen molar-refractivity contribution in [1.82, 2.24) is 4.98 Å². The number of hydrogen-bond donors (Lipinski definition) is 0. The van der Waals surface area contributed by atoms with Crippen LogP contribution in [0.3, 0.4) is 0 Å². The van der Waals surface area contributed by atoms with Gasteiger partial charge in [0.25, 0.3) is 0 Å².